The molecule has 0 aliphatic carbocycles. The van der Waals surface area contributed by atoms with Crippen molar-refractivity contribution in [3.63, 3.8) is 0 Å². The van der Waals surface area contributed by atoms with Gasteiger partial charge in [0, 0.05) is 31.0 Å². The van der Waals surface area contributed by atoms with Crippen LogP contribution in [0.1, 0.15) is 27.2 Å². The van der Waals surface area contributed by atoms with Crippen LogP contribution in [0, 0.1) is 13.8 Å². The van der Waals surface area contributed by atoms with Crippen molar-refractivity contribution in [2.24, 2.45) is 7.05 Å². The molecule has 0 amide bonds. The average Bonchev–Trinajstić information content (AvgIpc) is 2.66. The van der Waals surface area contributed by atoms with Gasteiger partial charge in [-0.25, -0.2) is 4.79 Å². The highest BCUT2D eigenvalue weighted by molar-refractivity contribution is 5.89. The maximum Gasteiger partial charge on any atom is 0.335 e. The molecule has 0 fully saturated rings. The third-order valence-electron chi connectivity index (χ3n) is 3.07. The van der Waals surface area contributed by atoms with Gasteiger partial charge in [0.15, 0.2) is 0 Å². The Morgan fingerprint density at radius 2 is 2.16 bits per heavy atom. The molecule has 1 heterocycles. The molecule has 5 heteroatoms. The summed E-state index contributed by atoms with van der Waals surface area (Å²) in [6.07, 6.45) is 1.96. The van der Waals surface area contributed by atoms with Crippen molar-refractivity contribution in [3.05, 3.63) is 46.8 Å². The van der Waals surface area contributed by atoms with Gasteiger partial charge in [0.25, 0.3) is 0 Å². The maximum atomic E-state index is 11.0. The molecule has 0 bridgehead atoms. The fourth-order valence-electron chi connectivity index (χ4n) is 1.96. The summed E-state index contributed by atoms with van der Waals surface area (Å²) in [5.74, 6) is -0.916. The number of aryl methyl sites for hydroxylation is 3. The fraction of sp³-hybridized carbons (Fsp3) is 0.286. The Labute approximate surface area is 111 Å². The minimum Gasteiger partial charge on any atom is -0.478 e. The van der Waals surface area contributed by atoms with E-state index in [4.69, 9.17) is 5.11 Å². The lowest BCUT2D eigenvalue weighted by atomic mass is 10.1. The Morgan fingerprint density at radius 3 is 2.74 bits per heavy atom. The number of hydrogen-bond donors (Lipinski definition) is 2. The van der Waals surface area contributed by atoms with Gasteiger partial charge in [0.05, 0.1) is 11.3 Å². The van der Waals surface area contributed by atoms with E-state index in [0.29, 0.717) is 6.54 Å². The zero-order valence-electron chi connectivity index (χ0n) is 11.3. The normalized spacial score (nSPS) is 10.5. The Morgan fingerprint density at radius 1 is 1.42 bits per heavy atom. The molecule has 2 aromatic rings. The van der Waals surface area contributed by atoms with Crippen molar-refractivity contribution >= 4 is 11.7 Å². The molecule has 0 radical (unpaired) electrons. The Hall–Kier alpha value is -2.30. The number of rotatable bonds is 4. The van der Waals surface area contributed by atoms with E-state index in [9.17, 15) is 4.79 Å². The lowest BCUT2D eigenvalue weighted by Gasteiger charge is -2.10. The van der Waals surface area contributed by atoms with E-state index in [-0.39, 0.29) is 5.56 Å². The number of aromatic carboxylic acids is 1. The molecular weight excluding hydrogens is 242 g/mol. The highest BCUT2D eigenvalue weighted by atomic mass is 16.4. The van der Waals surface area contributed by atoms with Gasteiger partial charge in [0.2, 0.25) is 0 Å². The van der Waals surface area contributed by atoms with E-state index < -0.39 is 5.97 Å². The van der Waals surface area contributed by atoms with Crippen molar-refractivity contribution in [3.8, 4) is 0 Å². The van der Waals surface area contributed by atoms with Gasteiger partial charge in [-0.2, -0.15) is 5.10 Å². The zero-order valence-corrected chi connectivity index (χ0v) is 11.3. The molecule has 0 spiro atoms. The molecule has 0 aliphatic heterocycles. The zero-order chi connectivity index (χ0) is 14.0. The summed E-state index contributed by atoms with van der Waals surface area (Å²) >= 11 is 0. The van der Waals surface area contributed by atoms with Crippen LogP contribution in [0.4, 0.5) is 5.69 Å². The third-order valence-corrected chi connectivity index (χ3v) is 3.07. The summed E-state index contributed by atoms with van der Waals surface area (Å²) in [5.41, 5.74) is 4.22. The van der Waals surface area contributed by atoms with Gasteiger partial charge in [-0.05, 0) is 31.5 Å². The number of carboxylic acid groups (broad SMARTS) is 1. The highest BCUT2D eigenvalue weighted by Gasteiger charge is 2.07. The number of aromatic nitrogens is 2. The van der Waals surface area contributed by atoms with E-state index in [2.05, 4.69) is 10.4 Å². The summed E-state index contributed by atoms with van der Waals surface area (Å²) < 4.78 is 1.77. The van der Waals surface area contributed by atoms with Crippen LogP contribution in [0.5, 0.6) is 0 Å². The lowest BCUT2D eigenvalue weighted by molar-refractivity contribution is 0.0697. The third kappa shape index (κ3) is 2.93. The van der Waals surface area contributed by atoms with Gasteiger partial charge >= 0.3 is 5.97 Å². The maximum absolute atomic E-state index is 11.0. The molecule has 100 valence electrons. The number of nitrogens with zero attached hydrogens (tertiary/aromatic N) is 2. The molecule has 0 aliphatic rings. The van der Waals surface area contributed by atoms with Crippen LogP contribution in [-0.2, 0) is 13.6 Å². The second-order valence-electron chi connectivity index (χ2n) is 4.60. The monoisotopic (exact) mass is 259 g/mol. The lowest BCUT2D eigenvalue weighted by Crippen LogP contribution is -2.04. The van der Waals surface area contributed by atoms with E-state index in [0.717, 1.165) is 22.5 Å². The first kappa shape index (κ1) is 13.1. The number of benzene rings is 1. The van der Waals surface area contributed by atoms with Crippen LogP contribution in [-0.4, -0.2) is 20.9 Å². The molecule has 0 unspecified atom stereocenters. The average molecular weight is 259 g/mol. The number of carbonyl (C=O) groups is 1. The molecule has 2 N–H and O–H groups in total. The predicted octanol–water partition coefficient (Wildman–Crippen LogP) is 2.35. The number of nitrogens with one attached hydrogen (secondary N) is 1. The fourth-order valence-corrected chi connectivity index (χ4v) is 1.96. The van der Waals surface area contributed by atoms with Crippen molar-refractivity contribution < 1.29 is 9.90 Å². The SMILES string of the molecule is Cc1ccc(C(=O)O)cc1NCc1cn(C)nc1C. The summed E-state index contributed by atoms with van der Waals surface area (Å²) in [6, 6.07) is 5.07. The van der Waals surface area contributed by atoms with Crippen molar-refractivity contribution in [1.29, 1.82) is 0 Å². The second kappa shape index (κ2) is 5.14. The Kier molecular flexibility index (Phi) is 3.55. The predicted molar refractivity (Wildman–Crippen MR) is 73.4 cm³/mol. The first-order valence-electron chi connectivity index (χ1n) is 6.04. The molecule has 19 heavy (non-hydrogen) atoms. The van der Waals surface area contributed by atoms with Gasteiger partial charge in [-0.15, -0.1) is 0 Å². The van der Waals surface area contributed by atoms with E-state index in [1.807, 2.05) is 33.2 Å². The molecule has 1 aromatic carbocycles. The Balaban J connectivity index is 2.17. The quantitative estimate of drug-likeness (QED) is 0.884. The van der Waals surface area contributed by atoms with Crippen LogP contribution in [0.3, 0.4) is 0 Å². The largest absolute Gasteiger partial charge is 0.478 e. The summed E-state index contributed by atoms with van der Waals surface area (Å²) in [4.78, 5) is 11.0. The van der Waals surface area contributed by atoms with Crippen LogP contribution in [0.2, 0.25) is 0 Å². The van der Waals surface area contributed by atoms with Crippen molar-refractivity contribution in [2.75, 3.05) is 5.32 Å². The first-order valence-corrected chi connectivity index (χ1v) is 6.04. The van der Waals surface area contributed by atoms with Crippen molar-refractivity contribution in [2.45, 2.75) is 20.4 Å². The minimum absolute atomic E-state index is 0.288. The smallest absolute Gasteiger partial charge is 0.335 e. The summed E-state index contributed by atoms with van der Waals surface area (Å²) in [5, 5.41) is 16.5. The Bertz CT molecular complexity index is 617. The van der Waals surface area contributed by atoms with Crippen LogP contribution in [0.15, 0.2) is 24.4 Å². The van der Waals surface area contributed by atoms with Crippen molar-refractivity contribution in [1.82, 2.24) is 9.78 Å². The summed E-state index contributed by atoms with van der Waals surface area (Å²) in [6.45, 7) is 4.53. The van der Waals surface area contributed by atoms with E-state index >= 15 is 0 Å². The van der Waals surface area contributed by atoms with E-state index in [1.54, 1.807) is 16.8 Å². The van der Waals surface area contributed by atoms with Gasteiger partial charge < -0.3 is 10.4 Å². The van der Waals surface area contributed by atoms with Crippen LogP contribution < -0.4 is 5.32 Å². The molecule has 0 atom stereocenters. The van der Waals surface area contributed by atoms with Crippen LogP contribution >= 0.6 is 0 Å². The topological polar surface area (TPSA) is 67.2 Å². The standard InChI is InChI=1S/C14H17N3O2/c1-9-4-5-11(14(18)19)6-13(9)15-7-12-8-17(3)16-10(12)2/h4-6,8,15H,7H2,1-3H3,(H,18,19). The number of hydrogen-bond acceptors (Lipinski definition) is 3. The molecule has 0 saturated carbocycles. The second-order valence-corrected chi connectivity index (χ2v) is 4.60. The molecule has 0 saturated heterocycles. The molecular formula is C14H17N3O2. The van der Waals surface area contributed by atoms with Gasteiger partial charge in [0.1, 0.15) is 0 Å². The molecule has 2 rings (SSSR count). The van der Waals surface area contributed by atoms with Gasteiger partial charge in [-0.3, -0.25) is 4.68 Å². The van der Waals surface area contributed by atoms with Crippen LogP contribution in [0.25, 0.3) is 0 Å². The highest BCUT2D eigenvalue weighted by Crippen LogP contribution is 2.18. The molecule has 1 aromatic heterocycles. The number of anilines is 1. The van der Waals surface area contributed by atoms with E-state index in [1.165, 1.54) is 0 Å². The minimum atomic E-state index is -0.916. The first-order chi connectivity index (χ1) is 8.97. The molecule has 5 nitrogen and oxygen atoms in total. The van der Waals surface area contributed by atoms with Gasteiger partial charge in [-0.1, -0.05) is 6.07 Å². The number of carboxylic acids is 1. The summed E-state index contributed by atoms with van der Waals surface area (Å²) in [7, 11) is 1.88.